The van der Waals surface area contributed by atoms with E-state index in [4.69, 9.17) is 34.8 Å². The average molecular weight is 830 g/mol. The Hall–Kier alpha value is -4.74. The van der Waals surface area contributed by atoms with Gasteiger partial charge in [0, 0.05) is 15.1 Å². The van der Waals surface area contributed by atoms with Crippen LogP contribution in [-0.4, -0.2) is 25.3 Å². The van der Waals surface area contributed by atoms with Crippen LogP contribution in [0.5, 0.6) is 0 Å². The summed E-state index contributed by atoms with van der Waals surface area (Å²) in [5.41, 5.74) is 4.39. The van der Waals surface area contributed by atoms with Crippen molar-refractivity contribution in [3.63, 3.8) is 0 Å². The van der Waals surface area contributed by atoms with Crippen LogP contribution in [-0.2, 0) is 29.5 Å². The minimum Gasteiger partial charge on any atom is -0.219 e. The summed E-state index contributed by atoms with van der Waals surface area (Å²) < 4.78 is 80.0. The van der Waals surface area contributed by atoms with Gasteiger partial charge in [-0.05, 0) is 161 Å². The molecule has 0 saturated carbocycles. The average Bonchev–Trinajstić information content (AvgIpc) is 3.18. The molecular weight excluding hydrogens is 803 g/mol. The van der Waals surface area contributed by atoms with Crippen molar-refractivity contribution < 1.29 is 25.3 Å². The normalized spacial score (nSPS) is 12.1. The molecule has 0 aliphatic rings. The van der Waals surface area contributed by atoms with Crippen LogP contribution in [0.2, 0.25) is 15.1 Å². The van der Waals surface area contributed by atoms with Gasteiger partial charge in [-0.1, -0.05) is 71.2 Å². The largest absolute Gasteiger partial charge is 0.219 e. The summed E-state index contributed by atoms with van der Waals surface area (Å²) in [6.07, 6.45) is 0. The SMILES string of the molecule is O=S(=O)(c1ccc(Cl)cc1)c1ccc(-c2cc(-c3ccc(S(=O)(=O)c4ccc(Cl)cc4)cc3)cc(-c3ccc(S(=O)(=O)c4ccc(Cl)cc4)cc3)c2)cc1. The van der Waals surface area contributed by atoms with E-state index >= 15 is 0 Å². The number of benzene rings is 7. The van der Waals surface area contributed by atoms with Crippen molar-refractivity contribution in [1.82, 2.24) is 0 Å². The first-order valence-electron chi connectivity index (χ1n) is 16.2. The lowest BCUT2D eigenvalue weighted by molar-refractivity contribution is 0.594. The number of halogens is 3. The van der Waals surface area contributed by atoms with E-state index in [0.29, 0.717) is 15.1 Å². The molecule has 7 rings (SSSR count). The molecule has 12 heteroatoms. The molecule has 0 heterocycles. The van der Waals surface area contributed by atoms with Crippen LogP contribution in [0.3, 0.4) is 0 Å². The van der Waals surface area contributed by atoms with Crippen molar-refractivity contribution in [2.24, 2.45) is 0 Å². The molecule has 0 atom stereocenters. The van der Waals surface area contributed by atoms with Crippen molar-refractivity contribution in [1.29, 1.82) is 0 Å². The van der Waals surface area contributed by atoms with Gasteiger partial charge in [-0.15, -0.1) is 0 Å². The summed E-state index contributed by atoms with van der Waals surface area (Å²) in [5.74, 6) is 0. The van der Waals surface area contributed by atoms with Crippen LogP contribution in [0.15, 0.2) is 193 Å². The zero-order valence-corrected chi connectivity index (χ0v) is 32.6. The molecular formula is C42H27Cl3O6S3. The van der Waals surface area contributed by atoms with Crippen LogP contribution in [0.25, 0.3) is 33.4 Å². The van der Waals surface area contributed by atoms with E-state index < -0.39 is 29.5 Å². The lowest BCUT2D eigenvalue weighted by atomic mass is 9.93. The number of sulfone groups is 3. The molecule has 0 aliphatic heterocycles. The monoisotopic (exact) mass is 828 g/mol. The van der Waals surface area contributed by atoms with Crippen LogP contribution in [0, 0.1) is 0 Å². The lowest BCUT2D eigenvalue weighted by Gasteiger charge is -2.13. The van der Waals surface area contributed by atoms with E-state index in [1.807, 2.05) is 18.2 Å². The first kappa shape index (κ1) is 37.6. The quantitative estimate of drug-likeness (QED) is 0.144. The fourth-order valence-electron chi connectivity index (χ4n) is 5.86. The van der Waals surface area contributed by atoms with E-state index in [9.17, 15) is 25.3 Å². The van der Waals surface area contributed by atoms with Gasteiger partial charge in [0.25, 0.3) is 0 Å². The highest BCUT2D eigenvalue weighted by molar-refractivity contribution is 7.92. The van der Waals surface area contributed by atoms with Gasteiger partial charge >= 0.3 is 0 Å². The minimum absolute atomic E-state index is 0.111. The Morgan fingerprint density at radius 2 is 0.407 bits per heavy atom. The smallest absolute Gasteiger partial charge is 0.206 e. The van der Waals surface area contributed by atoms with Crippen LogP contribution in [0.1, 0.15) is 0 Å². The molecule has 0 spiro atoms. The van der Waals surface area contributed by atoms with E-state index in [1.165, 1.54) is 72.8 Å². The molecule has 0 amide bonds. The van der Waals surface area contributed by atoms with Gasteiger partial charge in [0.15, 0.2) is 0 Å². The van der Waals surface area contributed by atoms with Gasteiger partial charge in [0.05, 0.1) is 29.4 Å². The van der Waals surface area contributed by atoms with E-state index in [-0.39, 0.29) is 29.4 Å². The highest BCUT2D eigenvalue weighted by Gasteiger charge is 2.21. The Bertz CT molecular complexity index is 2500. The van der Waals surface area contributed by atoms with Crippen molar-refractivity contribution in [3.05, 3.63) is 179 Å². The summed E-state index contributed by atoms with van der Waals surface area (Å²) in [6, 6.07) is 43.2. The second kappa shape index (κ2) is 14.8. The maximum Gasteiger partial charge on any atom is 0.206 e. The molecule has 54 heavy (non-hydrogen) atoms. The third-order valence-corrected chi connectivity index (χ3v) is 14.9. The van der Waals surface area contributed by atoms with Crippen LogP contribution < -0.4 is 0 Å². The van der Waals surface area contributed by atoms with Gasteiger partial charge in [-0.25, -0.2) is 25.3 Å². The van der Waals surface area contributed by atoms with Gasteiger partial charge in [0.1, 0.15) is 0 Å². The first-order chi connectivity index (χ1) is 25.7. The standard InChI is InChI=1S/C42H27Cl3O6S3/c43-34-7-19-40(20-8-34)52(46,47)37-13-1-28(2-14-37)31-25-32(29-3-15-38(16-4-29)53(48,49)41-21-9-35(44)10-22-41)27-33(26-31)30-5-17-39(18-6-30)54(50,51)42-23-11-36(45)12-24-42/h1-27H. The molecule has 0 saturated heterocycles. The zero-order chi connectivity index (χ0) is 38.3. The van der Waals surface area contributed by atoms with Crippen molar-refractivity contribution in [3.8, 4) is 33.4 Å². The summed E-state index contributed by atoms with van der Waals surface area (Å²) in [6.45, 7) is 0. The maximum atomic E-state index is 13.3. The molecule has 7 aromatic carbocycles. The third-order valence-electron chi connectivity index (χ3n) is 8.80. The number of rotatable bonds is 9. The maximum absolute atomic E-state index is 13.3. The van der Waals surface area contributed by atoms with E-state index in [0.717, 1.165) is 33.4 Å². The molecule has 0 bridgehead atoms. The predicted molar refractivity (Wildman–Crippen MR) is 213 cm³/mol. The van der Waals surface area contributed by atoms with Crippen molar-refractivity contribution in [2.75, 3.05) is 0 Å². The van der Waals surface area contributed by atoms with Gasteiger partial charge in [-0.3, -0.25) is 0 Å². The number of hydrogen-bond donors (Lipinski definition) is 0. The summed E-state index contributed by atoms with van der Waals surface area (Å²) >= 11 is 17.9. The highest BCUT2D eigenvalue weighted by atomic mass is 35.5. The summed E-state index contributed by atoms with van der Waals surface area (Å²) in [4.78, 5) is 0.686. The number of hydrogen-bond acceptors (Lipinski definition) is 6. The molecule has 6 nitrogen and oxygen atoms in total. The Morgan fingerprint density at radius 1 is 0.241 bits per heavy atom. The zero-order valence-electron chi connectivity index (χ0n) is 27.9. The Kier molecular flexibility index (Phi) is 10.3. The molecule has 270 valence electrons. The first-order valence-corrected chi connectivity index (χ1v) is 21.8. The summed E-state index contributed by atoms with van der Waals surface area (Å²) in [5, 5.41) is 1.28. The van der Waals surface area contributed by atoms with Crippen molar-refractivity contribution in [2.45, 2.75) is 29.4 Å². The fourth-order valence-corrected chi connectivity index (χ4v) is 10.0. The second-order valence-corrected chi connectivity index (χ2v) is 19.4. The molecule has 0 fully saturated rings. The van der Waals surface area contributed by atoms with Gasteiger partial charge in [-0.2, -0.15) is 0 Å². The van der Waals surface area contributed by atoms with Crippen LogP contribution >= 0.6 is 34.8 Å². The topological polar surface area (TPSA) is 102 Å². The van der Waals surface area contributed by atoms with Crippen LogP contribution in [0.4, 0.5) is 0 Å². The van der Waals surface area contributed by atoms with E-state index in [1.54, 1.807) is 72.8 Å². The highest BCUT2D eigenvalue weighted by Crippen LogP contribution is 2.36. The second-order valence-electron chi connectivity index (χ2n) is 12.2. The van der Waals surface area contributed by atoms with E-state index in [2.05, 4.69) is 0 Å². The Labute approximate surface area is 329 Å². The van der Waals surface area contributed by atoms with Gasteiger partial charge in [0.2, 0.25) is 29.5 Å². The molecule has 0 radical (unpaired) electrons. The predicted octanol–water partition coefficient (Wildman–Crippen LogP) is 11.1. The third kappa shape index (κ3) is 7.61. The Balaban J connectivity index is 1.28. The molecule has 0 aromatic heterocycles. The Morgan fingerprint density at radius 3 is 0.593 bits per heavy atom. The molecule has 0 unspecified atom stereocenters. The van der Waals surface area contributed by atoms with Crippen molar-refractivity contribution >= 4 is 64.3 Å². The summed E-state index contributed by atoms with van der Waals surface area (Å²) in [7, 11) is -11.4. The molecule has 7 aromatic rings. The minimum atomic E-state index is -3.80. The lowest BCUT2D eigenvalue weighted by Crippen LogP contribution is -2.02. The fraction of sp³-hybridized carbons (Fsp3) is 0. The molecule has 0 aliphatic carbocycles. The van der Waals surface area contributed by atoms with Gasteiger partial charge < -0.3 is 0 Å². The molecule has 0 N–H and O–H groups in total.